The van der Waals surface area contributed by atoms with Gasteiger partial charge in [-0.2, -0.15) is 12.1 Å². The molecular formula is C38H40Cl2SiZr-2. The van der Waals surface area contributed by atoms with Crippen molar-refractivity contribution < 1.29 is 18.0 Å². The summed E-state index contributed by atoms with van der Waals surface area (Å²) in [7, 11) is 11.2. The van der Waals surface area contributed by atoms with E-state index in [-0.39, 0.29) is 5.43 Å². The van der Waals surface area contributed by atoms with Gasteiger partial charge >= 0.3 is 53.5 Å². The van der Waals surface area contributed by atoms with Crippen molar-refractivity contribution in [1.82, 2.24) is 0 Å². The van der Waals surface area contributed by atoms with Crippen LogP contribution in [0.5, 0.6) is 0 Å². The first kappa shape index (κ1) is 32.7. The Hall–Kier alpha value is -2.22. The quantitative estimate of drug-likeness (QED) is 0.128. The SMILES string of the molecule is CCc1cc2c(-c3cccc(C)c3)cccc2[cH-]1.CCc1cc2c(-c3cccc(C)c3)cccc2[cH-]1.C[Si](C)=[Zr]([Cl])[Cl]. The molecule has 0 radical (unpaired) electrons. The predicted octanol–water partition coefficient (Wildman–Crippen LogP) is 12.4. The fraction of sp³-hybridized carbons (Fsp3) is 0.211. The maximum atomic E-state index is 5.62. The summed E-state index contributed by atoms with van der Waals surface area (Å²) in [6, 6.07) is 39.9. The molecule has 0 aliphatic rings. The Morgan fingerprint density at radius 2 is 0.976 bits per heavy atom. The van der Waals surface area contributed by atoms with Crippen molar-refractivity contribution >= 4 is 44.0 Å². The molecule has 0 nitrogen and oxygen atoms in total. The van der Waals surface area contributed by atoms with Crippen molar-refractivity contribution in [2.75, 3.05) is 0 Å². The molecule has 6 aromatic carbocycles. The molecule has 6 rings (SSSR count). The van der Waals surface area contributed by atoms with E-state index in [4.69, 9.17) is 17.0 Å². The molecule has 0 atom stereocenters. The van der Waals surface area contributed by atoms with Gasteiger partial charge in [0.15, 0.2) is 0 Å². The fourth-order valence-electron chi connectivity index (χ4n) is 5.13. The van der Waals surface area contributed by atoms with E-state index in [0.717, 1.165) is 12.8 Å². The van der Waals surface area contributed by atoms with E-state index in [1.165, 1.54) is 66.1 Å². The first-order valence-electron chi connectivity index (χ1n) is 14.7. The van der Waals surface area contributed by atoms with E-state index >= 15 is 0 Å². The van der Waals surface area contributed by atoms with E-state index in [1.807, 2.05) is 0 Å². The Morgan fingerprint density at radius 1 is 0.595 bits per heavy atom. The molecule has 216 valence electrons. The maximum absolute atomic E-state index is 5.62. The Morgan fingerprint density at radius 3 is 1.31 bits per heavy atom. The number of rotatable bonds is 4. The van der Waals surface area contributed by atoms with Gasteiger partial charge in [0, 0.05) is 0 Å². The molecule has 0 saturated heterocycles. The monoisotopic (exact) mass is 684 g/mol. The van der Waals surface area contributed by atoms with Crippen LogP contribution >= 0.6 is 17.0 Å². The van der Waals surface area contributed by atoms with Gasteiger partial charge in [0.05, 0.1) is 0 Å². The van der Waals surface area contributed by atoms with Gasteiger partial charge in [-0.25, -0.2) is 0 Å². The molecule has 4 heteroatoms. The minimum atomic E-state index is -1.65. The molecule has 0 spiro atoms. The zero-order valence-corrected chi connectivity index (χ0v) is 30.5. The molecule has 6 aromatic rings. The zero-order chi connectivity index (χ0) is 30.2. The van der Waals surface area contributed by atoms with Crippen LogP contribution in [0.4, 0.5) is 0 Å². The van der Waals surface area contributed by atoms with E-state index in [2.05, 4.69) is 150 Å². The number of halogens is 2. The van der Waals surface area contributed by atoms with Crippen LogP contribution in [0.1, 0.15) is 36.1 Å². The minimum absolute atomic E-state index is 0.224. The van der Waals surface area contributed by atoms with Gasteiger partial charge in [-0.05, 0) is 37.8 Å². The Kier molecular flexibility index (Phi) is 12.1. The summed E-state index contributed by atoms with van der Waals surface area (Å²) < 4.78 is 0. The van der Waals surface area contributed by atoms with Gasteiger partial charge in [-0.15, -0.1) is 69.1 Å². The molecule has 0 aromatic heterocycles. The summed E-state index contributed by atoms with van der Waals surface area (Å²) >= 11 is -1.65. The van der Waals surface area contributed by atoms with Crippen LogP contribution in [-0.4, -0.2) is 5.43 Å². The summed E-state index contributed by atoms with van der Waals surface area (Å²) in [5, 5.41) is 5.46. The molecule has 0 fully saturated rings. The third-order valence-corrected chi connectivity index (χ3v) is 27.2. The average Bonchev–Trinajstić information content (AvgIpc) is 3.61. The van der Waals surface area contributed by atoms with Crippen LogP contribution in [0.15, 0.2) is 109 Å². The van der Waals surface area contributed by atoms with E-state index < -0.39 is 18.0 Å². The molecule has 0 amide bonds. The van der Waals surface area contributed by atoms with Gasteiger partial charge in [0.25, 0.3) is 0 Å². The zero-order valence-electron chi connectivity index (χ0n) is 25.6. The molecule has 0 aliphatic carbocycles. The summed E-state index contributed by atoms with van der Waals surface area (Å²) in [4.78, 5) is 0. The summed E-state index contributed by atoms with van der Waals surface area (Å²) in [6.07, 6.45) is 2.20. The average molecular weight is 687 g/mol. The third-order valence-electron chi connectivity index (χ3n) is 7.47. The summed E-state index contributed by atoms with van der Waals surface area (Å²) in [5.74, 6) is 0. The first-order valence-corrected chi connectivity index (χ1v) is 27.2. The number of fused-ring (bicyclic) bond motifs is 2. The normalized spacial score (nSPS) is 10.6. The molecule has 0 unspecified atom stereocenters. The molecular weight excluding hydrogens is 647 g/mol. The van der Waals surface area contributed by atoms with E-state index in [0.29, 0.717) is 0 Å². The predicted molar refractivity (Wildman–Crippen MR) is 187 cm³/mol. The molecule has 0 aliphatic heterocycles. The fourth-order valence-corrected chi connectivity index (χ4v) is 5.13. The van der Waals surface area contributed by atoms with Gasteiger partial charge in [0.1, 0.15) is 0 Å². The second kappa shape index (κ2) is 15.5. The molecule has 0 saturated carbocycles. The number of hydrogen-bond donors (Lipinski definition) is 0. The van der Waals surface area contributed by atoms with E-state index in [1.54, 1.807) is 0 Å². The van der Waals surface area contributed by atoms with Gasteiger partial charge in [0.2, 0.25) is 0 Å². The van der Waals surface area contributed by atoms with Crippen molar-refractivity contribution in [1.29, 1.82) is 0 Å². The topological polar surface area (TPSA) is 0 Å². The molecule has 0 N–H and O–H groups in total. The first-order chi connectivity index (χ1) is 20.2. The Balaban J connectivity index is 0.000000162. The standard InChI is InChI=1S/2C18H17.C2H6Si.2ClH.Zr/c2*1-3-14-11-16-8-5-9-17(18(16)12-14)15-7-4-6-13(2)10-15;1-3-2;;;/h2*4-12H,3H2,1-2H3;1-2H3;2*1H;/q2*-1;;;;+2/p-2. The Bertz CT molecular complexity index is 1680. The number of aryl methyl sites for hydroxylation is 4. The van der Waals surface area contributed by atoms with Crippen molar-refractivity contribution in [2.45, 2.75) is 53.6 Å². The Labute approximate surface area is 267 Å². The van der Waals surface area contributed by atoms with Crippen molar-refractivity contribution in [3.63, 3.8) is 0 Å². The van der Waals surface area contributed by atoms with Crippen molar-refractivity contribution in [3.8, 4) is 22.3 Å². The summed E-state index contributed by atoms with van der Waals surface area (Å²) in [5.41, 5.74) is 10.6. The van der Waals surface area contributed by atoms with Crippen LogP contribution < -0.4 is 0 Å². The van der Waals surface area contributed by atoms with Crippen LogP contribution in [0.2, 0.25) is 13.1 Å². The second-order valence-electron chi connectivity index (χ2n) is 11.1. The van der Waals surface area contributed by atoms with Crippen LogP contribution in [0, 0.1) is 13.8 Å². The van der Waals surface area contributed by atoms with Crippen LogP contribution in [0.3, 0.4) is 0 Å². The molecule has 42 heavy (non-hydrogen) atoms. The second-order valence-corrected chi connectivity index (χ2v) is 34.0. The van der Waals surface area contributed by atoms with Gasteiger partial charge in [-0.3, -0.25) is 0 Å². The summed E-state index contributed by atoms with van der Waals surface area (Å²) in [6.45, 7) is 13.0. The van der Waals surface area contributed by atoms with Crippen molar-refractivity contribution in [2.24, 2.45) is 0 Å². The van der Waals surface area contributed by atoms with E-state index in [9.17, 15) is 0 Å². The van der Waals surface area contributed by atoms with Crippen LogP contribution in [-0.2, 0) is 30.8 Å². The molecule has 0 heterocycles. The number of benzene rings is 4. The third kappa shape index (κ3) is 8.45. The van der Waals surface area contributed by atoms with Crippen LogP contribution in [0.25, 0.3) is 43.8 Å². The number of hydrogen-bond acceptors (Lipinski definition) is 0. The van der Waals surface area contributed by atoms with Crippen molar-refractivity contribution in [3.05, 3.63) is 131 Å². The molecule has 0 bridgehead atoms. The van der Waals surface area contributed by atoms with Gasteiger partial charge in [-0.1, -0.05) is 96.8 Å². The van der Waals surface area contributed by atoms with Gasteiger partial charge < -0.3 is 0 Å².